The minimum absolute atomic E-state index is 0.214. The number of aromatic nitrogens is 2. The summed E-state index contributed by atoms with van der Waals surface area (Å²) >= 11 is 0. The van der Waals surface area contributed by atoms with Crippen LogP contribution in [0.2, 0.25) is 0 Å². The van der Waals surface area contributed by atoms with E-state index in [2.05, 4.69) is 15.3 Å². The van der Waals surface area contributed by atoms with Gasteiger partial charge in [-0.15, -0.1) is 0 Å². The number of nitrogens with zero attached hydrogens (tertiary/aromatic N) is 2. The maximum Gasteiger partial charge on any atom is 0.255 e. The van der Waals surface area contributed by atoms with E-state index in [-0.39, 0.29) is 5.91 Å². The third-order valence-corrected chi connectivity index (χ3v) is 2.31. The van der Waals surface area contributed by atoms with Gasteiger partial charge in [0.2, 0.25) is 0 Å². The van der Waals surface area contributed by atoms with Gasteiger partial charge in [-0.2, -0.15) is 0 Å². The lowest BCUT2D eigenvalue weighted by atomic mass is 10.2. The van der Waals surface area contributed by atoms with E-state index < -0.39 is 0 Å². The van der Waals surface area contributed by atoms with Gasteiger partial charge in [0.15, 0.2) is 0 Å². The van der Waals surface area contributed by atoms with Gasteiger partial charge in [-0.3, -0.25) is 9.78 Å². The molecule has 0 aliphatic rings. The Morgan fingerprint density at radius 2 is 2.18 bits per heavy atom. The van der Waals surface area contributed by atoms with Crippen molar-refractivity contribution in [1.29, 1.82) is 0 Å². The first-order valence-electron chi connectivity index (χ1n) is 5.10. The number of aryl methyl sites for hydroxylation is 1. The van der Waals surface area contributed by atoms with Gasteiger partial charge in [0, 0.05) is 29.8 Å². The highest BCUT2D eigenvalue weighted by molar-refractivity contribution is 6.04. The van der Waals surface area contributed by atoms with Crippen molar-refractivity contribution in [2.24, 2.45) is 0 Å². The molecule has 0 unspecified atom stereocenters. The molecule has 17 heavy (non-hydrogen) atoms. The Labute approximate surface area is 98.7 Å². The molecular weight excluding hydrogens is 216 g/mol. The van der Waals surface area contributed by atoms with Crippen molar-refractivity contribution < 1.29 is 4.79 Å². The summed E-state index contributed by atoms with van der Waals surface area (Å²) in [5, 5.41) is 2.79. The third kappa shape index (κ3) is 2.57. The minimum Gasteiger partial charge on any atom is -0.384 e. The second-order valence-electron chi connectivity index (χ2n) is 3.61. The average molecular weight is 228 g/mol. The molecule has 0 bridgehead atoms. The molecule has 2 rings (SSSR count). The normalized spacial score (nSPS) is 9.94. The molecule has 86 valence electrons. The van der Waals surface area contributed by atoms with Crippen LogP contribution in [-0.2, 0) is 0 Å². The lowest BCUT2D eigenvalue weighted by Crippen LogP contribution is -2.13. The Bertz CT molecular complexity index is 554. The fourth-order valence-electron chi connectivity index (χ4n) is 1.40. The molecule has 0 saturated carbocycles. The summed E-state index contributed by atoms with van der Waals surface area (Å²) in [6, 6.07) is 4.89. The first kappa shape index (κ1) is 11.1. The van der Waals surface area contributed by atoms with Crippen LogP contribution in [0.15, 0.2) is 36.8 Å². The second kappa shape index (κ2) is 4.61. The first-order chi connectivity index (χ1) is 8.16. The minimum atomic E-state index is -0.214. The zero-order valence-corrected chi connectivity index (χ0v) is 9.34. The number of amides is 1. The summed E-state index contributed by atoms with van der Waals surface area (Å²) in [6.07, 6.45) is 4.82. The van der Waals surface area contributed by atoms with Crippen LogP contribution in [0, 0.1) is 6.92 Å². The molecule has 0 fully saturated rings. The molecule has 0 atom stereocenters. The van der Waals surface area contributed by atoms with Gasteiger partial charge in [0.25, 0.3) is 5.91 Å². The Morgan fingerprint density at radius 1 is 1.35 bits per heavy atom. The molecule has 2 heterocycles. The van der Waals surface area contributed by atoms with Gasteiger partial charge in [0.05, 0.1) is 0 Å². The molecule has 0 aliphatic heterocycles. The number of nitrogens with one attached hydrogen (secondary N) is 1. The van der Waals surface area contributed by atoms with Gasteiger partial charge < -0.3 is 11.1 Å². The quantitative estimate of drug-likeness (QED) is 0.818. The Hall–Kier alpha value is -2.43. The molecule has 5 nitrogen and oxygen atoms in total. The average Bonchev–Trinajstić information content (AvgIpc) is 2.32. The van der Waals surface area contributed by atoms with Gasteiger partial charge >= 0.3 is 0 Å². The highest BCUT2D eigenvalue weighted by Crippen LogP contribution is 2.13. The zero-order valence-electron chi connectivity index (χ0n) is 9.34. The van der Waals surface area contributed by atoms with E-state index in [4.69, 9.17) is 5.73 Å². The van der Waals surface area contributed by atoms with Gasteiger partial charge in [-0.25, -0.2) is 4.98 Å². The van der Waals surface area contributed by atoms with Crippen LogP contribution in [0.25, 0.3) is 0 Å². The Morgan fingerprint density at radius 3 is 2.88 bits per heavy atom. The molecule has 3 N–H and O–H groups in total. The molecule has 0 saturated heterocycles. The summed E-state index contributed by atoms with van der Waals surface area (Å²) in [5.41, 5.74) is 7.64. The summed E-state index contributed by atoms with van der Waals surface area (Å²) in [7, 11) is 0. The van der Waals surface area contributed by atoms with E-state index >= 15 is 0 Å². The SMILES string of the molecule is Cc1cnccc1NC(=O)c1ccnc(N)c1. The molecule has 1 amide bonds. The van der Waals surface area contributed by atoms with Crippen LogP contribution >= 0.6 is 0 Å². The van der Waals surface area contributed by atoms with Crippen LogP contribution < -0.4 is 11.1 Å². The number of pyridine rings is 2. The summed E-state index contributed by atoms with van der Waals surface area (Å²) in [6.45, 7) is 1.88. The largest absolute Gasteiger partial charge is 0.384 e. The van der Waals surface area contributed by atoms with Crippen molar-refractivity contribution in [3.63, 3.8) is 0 Å². The maximum absolute atomic E-state index is 11.9. The highest BCUT2D eigenvalue weighted by Gasteiger charge is 2.07. The van der Waals surface area contributed by atoms with Crippen LogP contribution in [-0.4, -0.2) is 15.9 Å². The number of hydrogen-bond acceptors (Lipinski definition) is 4. The van der Waals surface area contributed by atoms with Crippen molar-refractivity contribution in [2.45, 2.75) is 6.92 Å². The van der Waals surface area contributed by atoms with E-state index in [1.54, 1.807) is 24.5 Å². The topological polar surface area (TPSA) is 80.9 Å². The Balaban J connectivity index is 2.20. The van der Waals surface area contributed by atoms with E-state index in [0.717, 1.165) is 11.3 Å². The van der Waals surface area contributed by atoms with E-state index in [1.165, 1.54) is 12.3 Å². The van der Waals surface area contributed by atoms with Crippen molar-refractivity contribution >= 4 is 17.4 Å². The van der Waals surface area contributed by atoms with Gasteiger partial charge in [-0.1, -0.05) is 0 Å². The number of carbonyl (C=O) groups excluding carboxylic acids is 1. The molecular formula is C12H12N4O. The maximum atomic E-state index is 11.9. The highest BCUT2D eigenvalue weighted by atomic mass is 16.1. The predicted octanol–water partition coefficient (Wildman–Crippen LogP) is 1.62. The van der Waals surface area contributed by atoms with E-state index in [1.807, 2.05) is 6.92 Å². The van der Waals surface area contributed by atoms with E-state index in [0.29, 0.717) is 11.4 Å². The van der Waals surface area contributed by atoms with Gasteiger partial charge in [-0.05, 0) is 30.7 Å². The third-order valence-electron chi connectivity index (χ3n) is 2.31. The molecule has 5 heteroatoms. The number of anilines is 2. The van der Waals surface area contributed by atoms with Crippen molar-refractivity contribution in [3.05, 3.63) is 47.9 Å². The van der Waals surface area contributed by atoms with Crippen LogP contribution in [0.5, 0.6) is 0 Å². The lowest BCUT2D eigenvalue weighted by Gasteiger charge is -2.07. The van der Waals surface area contributed by atoms with Gasteiger partial charge in [0.1, 0.15) is 5.82 Å². The number of rotatable bonds is 2. The number of nitrogen functional groups attached to an aromatic ring is 1. The molecule has 0 radical (unpaired) electrons. The molecule has 2 aromatic heterocycles. The fraction of sp³-hybridized carbons (Fsp3) is 0.0833. The standard InChI is InChI=1S/C12H12N4O/c1-8-7-14-4-3-10(8)16-12(17)9-2-5-15-11(13)6-9/h2-7H,1H3,(H2,13,15)(H,14,16,17). The first-order valence-corrected chi connectivity index (χ1v) is 5.10. The molecule has 0 spiro atoms. The molecule has 0 aliphatic carbocycles. The van der Waals surface area contributed by atoms with Crippen molar-refractivity contribution in [3.8, 4) is 0 Å². The predicted molar refractivity (Wildman–Crippen MR) is 65.6 cm³/mol. The summed E-state index contributed by atoms with van der Waals surface area (Å²) < 4.78 is 0. The summed E-state index contributed by atoms with van der Waals surface area (Å²) in [4.78, 5) is 19.7. The van der Waals surface area contributed by atoms with Crippen molar-refractivity contribution in [1.82, 2.24) is 9.97 Å². The van der Waals surface area contributed by atoms with Crippen molar-refractivity contribution in [2.75, 3.05) is 11.1 Å². The van der Waals surface area contributed by atoms with Crippen LogP contribution in [0.3, 0.4) is 0 Å². The number of nitrogens with two attached hydrogens (primary N) is 1. The fourth-order valence-corrected chi connectivity index (χ4v) is 1.40. The smallest absolute Gasteiger partial charge is 0.255 e. The van der Waals surface area contributed by atoms with Crippen LogP contribution in [0.4, 0.5) is 11.5 Å². The zero-order chi connectivity index (χ0) is 12.3. The van der Waals surface area contributed by atoms with E-state index in [9.17, 15) is 4.79 Å². The van der Waals surface area contributed by atoms with Crippen LogP contribution in [0.1, 0.15) is 15.9 Å². The lowest BCUT2D eigenvalue weighted by molar-refractivity contribution is 0.102. The number of carbonyl (C=O) groups is 1. The monoisotopic (exact) mass is 228 g/mol. The second-order valence-corrected chi connectivity index (χ2v) is 3.61. The molecule has 0 aromatic carbocycles. The summed E-state index contributed by atoms with van der Waals surface area (Å²) in [5.74, 6) is 0.109. The Kier molecular flexibility index (Phi) is 3.00. The number of hydrogen-bond donors (Lipinski definition) is 2. The molecule has 2 aromatic rings.